The smallest absolute Gasteiger partial charge is 0.311 e. The Hall–Kier alpha value is -1.69. The zero-order valence-corrected chi connectivity index (χ0v) is 10.3. The minimum Gasteiger partial charge on any atom is -0.374 e. The number of pyridine rings is 1. The molecule has 6 heteroatoms. The van der Waals surface area contributed by atoms with Crippen LogP contribution in [0.3, 0.4) is 0 Å². The zero-order chi connectivity index (χ0) is 12.9. The van der Waals surface area contributed by atoms with Gasteiger partial charge in [-0.05, 0) is 26.8 Å². The molecule has 0 bridgehead atoms. The molecule has 0 aliphatic heterocycles. The van der Waals surface area contributed by atoms with Crippen LogP contribution in [0, 0.1) is 10.1 Å². The van der Waals surface area contributed by atoms with E-state index < -0.39 is 4.92 Å². The van der Waals surface area contributed by atoms with Crippen molar-refractivity contribution >= 4 is 11.5 Å². The van der Waals surface area contributed by atoms with E-state index in [1.165, 1.54) is 18.3 Å². The third-order valence-corrected chi connectivity index (χ3v) is 2.20. The van der Waals surface area contributed by atoms with Crippen LogP contribution in [0.25, 0.3) is 0 Å². The van der Waals surface area contributed by atoms with E-state index in [0.717, 1.165) is 0 Å². The van der Waals surface area contributed by atoms with Crippen LogP contribution >= 0.6 is 0 Å². The SMILES string of the molecule is CCOC(C)(C)CNc1ncccc1[N+](=O)[O-]. The summed E-state index contributed by atoms with van der Waals surface area (Å²) in [7, 11) is 0. The Balaban J connectivity index is 2.72. The standard InChI is InChI=1S/C11H17N3O3/c1-4-17-11(2,3)8-13-10-9(14(15)16)6-5-7-12-10/h5-7H,4,8H2,1-3H3,(H,12,13). The van der Waals surface area contributed by atoms with Crippen molar-refractivity contribution in [3.63, 3.8) is 0 Å². The van der Waals surface area contributed by atoms with Gasteiger partial charge < -0.3 is 10.1 Å². The van der Waals surface area contributed by atoms with Gasteiger partial charge in [-0.3, -0.25) is 10.1 Å². The van der Waals surface area contributed by atoms with Gasteiger partial charge in [-0.15, -0.1) is 0 Å². The number of anilines is 1. The van der Waals surface area contributed by atoms with Gasteiger partial charge in [0.1, 0.15) is 0 Å². The number of rotatable bonds is 6. The second-order valence-electron chi connectivity index (χ2n) is 4.17. The lowest BCUT2D eigenvalue weighted by atomic mass is 10.1. The summed E-state index contributed by atoms with van der Waals surface area (Å²) >= 11 is 0. The molecule has 0 aliphatic carbocycles. The summed E-state index contributed by atoms with van der Waals surface area (Å²) in [5.41, 5.74) is -0.417. The van der Waals surface area contributed by atoms with Crippen LogP contribution < -0.4 is 5.32 Å². The van der Waals surface area contributed by atoms with Gasteiger partial charge in [0.15, 0.2) is 0 Å². The molecule has 0 saturated heterocycles. The molecule has 1 aromatic heterocycles. The molecular weight excluding hydrogens is 222 g/mol. The highest BCUT2D eigenvalue weighted by atomic mass is 16.6. The van der Waals surface area contributed by atoms with Crippen molar-refractivity contribution in [1.82, 2.24) is 4.98 Å². The summed E-state index contributed by atoms with van der Waals surface area (Å²) in [4.78, 5) is 14.3. The minimum atomic E-state index is -0.455. The maximum Gasteiger partial charge on any atom is 0.311 e. The van der Waals surface area contributed by atoms with Crippen LogP contribution in [0.2, 0.25) is 0 Å². The first kappa shape index (κ1) is 13.4. The first-order valence-corrected chi connectivity index (χ1v) is 5.43. The molecule has 0 amide bonds. The van der Waals surface area contributed by atoms with Crippen molar-refractivity contribution in [2.45, 2.75) is 26.4 Å². The molecule has 0 aromatic carbocycles. The normalized spacial score (nSPS) is 11.2. The van der Waals surface area contributed by atoms with Crippen LogP contribution in [0.4, 0.5) is 11.5 Å². The largest absolute Gasteiger partial charge is 0.374 e. The maximum atomic E-state index is 10.8. The number of hydrogen-bond donors (Lipinski definition) is 1. The molecule has 1 heterocycles. The number of nitrogens with zero attached hydrogens (tertiary/aromatic N) is 2. The molecule has 6 nitrogen and oxygen atoms in total. The summed E-state index contributed by atoms with van der Waals surface area (Å²) in [5.74, 6) is 0.269. The number of ether oxygens (including phenoxy) is 1. The molecular formula is C11H17N3O3. The van der Waals surface area contributed by atoms with Gasteiger partial charge in [0.25, 0.3) is 0 Å². The summed E-state index contributed by atoms with van der Waals surface area (Å²) < 4.78 is 5.49. The molecule has 0 radical (unpaired) electrons. The van der Waals surface area contributed by atoms with E-state index in [2.05, 4.69) is 10.3 Å². The quantitative estimate of drug-likeness (QED) is 0.608. The Bertz CT molecular complexity index is 393. The first-order valence-electron chi connectivity index (χ1n) is 5.43. The monoisotopic (exact) mass is 239 g/mol. The molecule has 0 fully saturated rings. The Morgan fingerprint density at radius 2 is 2.29 bits per heavy atom. The highest BCUT2D eigenvalue weighted by molar-refractivity contribution is 5.55. The van der Waals surface area contributed by atoms with Gasteiger partial charge in [0.2, 0.25) is 5.82 Å². The van der Waals surface area contributed by atoms with E-state index in [-0.39, 0.29) is 17.1 Å². The lowest BCUT2D eigenvalue weighted by Gasteiger charge is -2.24. The van der Waals surface area contributed by atoms with E-state index in [1.54, 1.807) is 0 Å². The van der Waals surface area contributed by atoms with E-state index in [1.807, 2.05) is 20.8 Å². The van der Waals surface area contributed by atoms with E-state index in [4.69, 9.17) is 4.74 Å². The summed E-state index contributed by atoms with van der Waals surface area (Å²) in [5, 5.41) is 13.7. The maximum absolute atomic E-state index is 10.8. The fraction of sp³-hybridized carbons (Fsp3) is 0.545. The van der Waals surface area contributed by atoms with E-state index in [0.29, 0.717) is 13.2 Å². The van der Waals surface area contributed by atoms with Gasteiger partial charge in [-0.25, -0.2) is 4.98 Å². The third-order valence-electron chi connectivity index (χ3n) is 2.20. The van der Waals surface area contributed by atoms with Gasteiger partial charge in [0, 0.05) is 25.4 Å². The highest BCUT2D eigenvalue weighted by Crippen LogP contribution is 2.21. The molecule has 0 saturated carbocycles. The third kappa shape index (κ3) is 3.99. The van der Waals surface area contributed by atoms with Crippen molar-refractivity contribution in [2.75, 3.05) is 18.5 Å². The molecule has 94 valence electrons. The Kier molecular flexibility index (Phi) is 4.39. The Morgan fingerprint density at radius 1 is 1.59 bits per heavy atom. The summed E-state index contributed by atoms with van der Waals surface area (Å²) in [6.07, 6.45) is 1.52. The summed E-state index contributed by atoms with van der Waals surface area (Å²) in [6, 6.07) is 2.96. The average molecular weight is 239 g/mol. The number of nitro groups is 1. The van der Waals surface area contributed by atoms with Crippen molar-refractivity contribution in [3.8, 4) is 0 Å². The Labute approximate surface area is 100 Å². The topological polar surface area (TPSA) is 77.3 Å². The van der Waals surface area contributed by atoms with Gasteiger partial charge in [-0.2, -0.15) is 0 Å². The molecule has 0 aliphatic rings. The molecule has 0 spiro atoms. The van der Waals surface area contributed by atoms with E-state index >= 15 is 0 Å². The molecule has 1 aromatic rings. The molecule has 1 N–H and O–H groups in total. The summed E-state index contributed by atoms with van der Waals surface area (Å²) in [6.45, 7) is 6.79. The second-order valence-corrected chi connectivity index (χ2v) is 4.17. The highest BCUT2D eigenvalue weighted by Gasteiger charge is 2.20. The second kappa shape index (κ2) is 5.58. The predicted molar refractivity (Wildman–Crippen MR) is 65.1 cm³/mol. The fourth-order valence-corrected chi connectivity index (χ4v) is 1.42. The molecule has 0 unspecified atom stereocenters. The number of hydrogen-bond acceptors (Lipinski definition) is 5. The molecule has 1 rings (SSSR count). The molecule has 17 heavy (non-hydrogen) atoms. The van der Waals surface area contributed by atoms with Crippen molar-refractivity contribution in [2.24, 2.45) is 0 Å². The van der Waals surface area contributed by atoms with Crippen molar-refractivity contribution < 1.29 is 9.66 Å². The van der Waals surface area contributed by atoms with Gasteiger partial charge in [-0.1, -0.05) is 0 Å². The van der Waals surface area contributed by atoms with Crippen LogP contribution in [0.15, 0.2) is 18.3 Å². The van der Waals surface area contributed by atoms with Crippen LogP contribution in [0.1, 0.15) is 20.8 Å². The predicted octanol–water partition coefficient (Wildman–Crippen LogP) is 2.22. The fourth-order valence-electron chi connectivity index (χ4n) is 1.42. The lowest BCUT2D eigenvalue weighted by Crippen LogP contribution is -2.33. The van der Waals surface area contributed by atoms with Crippen LogP contribution in [0.5, 0.6) is 0 Å². The zero-order valence-electron chi connectivity index (χ0n) is 10.3. The number of nitrogens with one attached hydrogen (secondary N) is 1. The van der Waals surface area contributed by atoms with Crippen molar-refractivity contribution in [3.05, 3.63) is 28.4 Å². The minimum absolute atomic E-state index is 0.0280. The van der Waals surface area contributed by atoms with Gasteiger partial charge in [0.05, 0.1) is 10.5 Å². The average Bonchev–Trinajstić information content (AvgIpc) is 2.27. The number of aromatic nitrogens is 1. The molecule has 0 atom stereocenters. The van der Waals surface area contributed by atoms with Gasteiger partial charge >= 0.3 is 5.69 Å². The van der Waals surface area contributed by atoms with Crippen molar-refractivity contribution in [1.29, 1.82) is 0 Å². The first-order chi connectivity index (χ1) is 7.96. The van der Waals surface area contributed by atoms with Crippen LogP contribution in [-0.4, -0.2) is 28.7 Å². The Morgan fingerprint density at radius 3 is 2.88 bits per heavy atom. The van der Waals surface area contributed by atoms with Crippen LogP contribution in [-0.2, 0) is 4.74 Å². The van der Waals surface area contributed by atoms with E-state index in [9.17, 15) is 10.1 Å². The lowest BCUT2D eigenvalue weighted by molar-refractivity contribution is -0.384.